The van der Waals surface area contributed by atoms with Crippen molar-refractivity contribution in [1.29, 1.82) is 0 Å². The molecule has 0 spiro atoms. The van der Waals surface area contributed by atoms with Gasteiger partial charge >= 0.3 is 5.97 Å². The predicted octanol–water partition coefficient (Wildman–Crippen LogP) is 3.18. The average molecular weight is 231 g/mol. The lowest BCUT2D eigenvalue weighted by Crippen LogP contribution is -1.93. The van der Waals surface area contributed by atoms with E-state index in [4.69, 9.17) is 23.2 Å². The van der Waals surface area contributed by atoms with E-state index in [9.17, 15) is 4.79 Å². The molecule has 1 aromatic rings. The van der Waals surface area contributed by atoms with Crippen LogP contribution in [0.15, 0.2) is 24.3 Å². The molecular weight excluding hydrogens is 223 g/mol. The normalized spacial score (nSPS) is 10.5. The van der Waals surface area contributed by atoms with Crippen molar-refractivity contribution in [2.45, 2.75) is 0 Å². The molecule has 0 saturated heterocycles. The van der Waals surface area contributed by atoms with E-state index >= 15 is 0 Å². The zero-order valence-electron chi connectivity index (χ0n) is 7.46. The highest BCUT2D eigenvalue weighted by atomic mass is 35.5. The van der Waals surface area contributed by atoms with Gasteiger partial charge in [-0.15, -0.1) is 0 Å². The lowest BCUT2D eigenvalue weighted by molar-refractivity contribution is -0.134. The number of esters is 1. The van der Waals surface area contributed by atoms with Crippen LogP contribution in [0.25, 0.3) is 6.08 Å². The molecule has 0 atom stereocenters. The molecule has 0 aliphatic carbocycles. The molecular formula is C10H8Cl2O2. The van der Waals surface area contributed by atoms with E-state index < -0.39 is 5.97 Å². The fraction of sp³-hybridized carbons (Fsp3) is 0.100. The maximum Gasteiger partial charge on any atom is 0.330 e. The van der Waals surface area contributed by atoms with Gasteiger partial charge in [0.15, 0.2) is 0 Å². The summed E-state index contributed by atoms with van der Waals surface area (Å²) in [6.07, 6.45) is 2.92. The van der Waals surface area contributed by atoms with Crippen LogP contribution in [-0.4, -0.2) is 13.1 Å². The van der Waals surface area contributed by atoms with Crippen molar-refractivity contribution in [3.05, 3.63) is 39.9 Å². The van der Waals surface area contributed by atoms with Crippen LogP contribution in [0.3, 0.4) is 0 Å². The summed E-state index contributed by atoms with van der Waals surface area (Å²) < 4.78 is 4.44. The predicted molar refractivity (Wildman–Crippen MR) is 57.5 cm³/mol. The van der Waals surface area contributed by atoms with Crippen molar-refractivity contribution in [2.24, 2.45) is 0 Å². The molecule has 0 unspecified atom stereocenters. The van der Waals surface area contributed by atoms with E-state index in [0.29, 0.717) is 10.0 Å². The Kier molecular flexibility index (Phi) is 3.98. The van der Waals surface area contributed by atoms with Gasteiger partial charge in [-0.25, -0.2) is 4.79 Å². The lowest BCUT2D eigenvalue weighted by Gasteiger charge is -1.97. The molecule has 0 amide bonds. The molecule has 1 aromatic carbocycles. The van der Waals surface area contributed by atoms with Crippen LogP contribution in [0, 0.1) is 0 Å². The second-order valence-corrected chi connectivity index (χ2v) is 3.34. The molecule has 0 saturated carbocycles. The van der Waals surface area contributed by atoms with E-state index in [1.807, 2.05) is 0 Å². The van der Waals surface area contributed by atoms with Gasteiger partial charge in [-0.1, -0.05) is 29.3 Å². The van der Waals surface area contributed by atoms with E-state index in [0.717, 1.165) is 5.56 Å². The van der Waals surface area contributed by atoms with E-state index in [1.54, 1.807) is 24.3 Å². The van der Waals surface area contributed by atoms with E-state index in [-0.39, 0.29) is 0 Å². The van der Waals surface area contributed by atoms with Crippen LogP contribution in [0.2, 0.25) is 10.0 Å². The fourth-order valence-corrected chi connectivity index (χ4v) is 1.15. The summed E-state index contributed by atoms with van der Waals surface area (Å²) in [5, 5.41) is 0.945. The quantitative estimate of drug-likeness (QED) is 0.577. The highest BCUT2D eigenvalue weighted by Gasteiger charge is 1.97. The Labute approximate surface area is 92.1 Å². The van der Waals surface area contributed by atoms with Crippen molar-refractivity contribution in [3.63, 3.8) is 0 Å². The summed E-state index contributed by atoms with van der Waals surface area (Å²) in [4.78, 5) is 10.8. The van der Waals surface area contributed by atoms with Crippen LogP contribution in [0.4, 0.5) is 0 Å². The molecule has 0 aliphatic heterocycles. The maximum atomic E-state index is 10.8. The first-order valence-electron chi connectivity index (χ1n) is 3.84. The Balaban J connectivity index is 2.83. The number of carbonyl (C=O) groups excluding carboxylic acids is 1. The minimum Gasteiger partial charge on any atom is -0.466 e. The molecule has 0 radical (unpaired) electrons. The summed E-state index contributed by atoms with van der Waals surface area (Å²) in [5.41, 5.74) is 0.796. The molecule has 1 rings (SSSR count). The number of benzene rings is 1. The monoisotopic (exact) mass is 230 g/mol. The van der Waals surface area contributed by atoms with Gasteiger partial charge in [-0.2, -0.15) is 0 Å². The number of ether oxygens (including phenoxy) is 1. The van der Waals surface area contributed by atoms with Crippen molar-refractivity contribution in [1.82, 2.24) is 0 Å². The van der Waals surface area contributed by atoms with Gasteiger partial charge in [-0.3, -0.25) is 0 Å². The number of hydrogen-bond acceptors (Lipinski definition) is 2. The Bertz CT molecular complexity index is 372. The standard InChI is InChI=1S/C10H8Cl2O2/c1-14-10(13)5-3-7-2-4-8(11)9(12)6-7/h2-6H,1H3/b5-3-. The summed E-state index contributed by atoms with van der Waals surface area (Å²) in [5.74, 6) is -0.406. The molecule has 0 aromatic heterocycles. The third-order valence-corrected chi connectivity index (χ3v) is 2.30. The average Bonchev–Trinajstić information content (AvgIpc) is 2.19. The minimum absolute atomic E-state index is 0.406. The molecule has 0 N–H and O–H groups in total. The lowest BCUT2D eigenvalue weighted by atomic mass is 10.2. The number of rotatable bonds is 2. The Morgan fingerprint density at radius 1 is 1.36 bits per heavy atom. The molecule has 2 nitrogen and oxygen atoms in total. The third kappa shape index (κ3) is 3.05. The first kappa shape index (κ1) is 11.1. The number of hydrogen-bond donors (Lipinski definition) is 0. The largest absolute Gasteiger partial charge is 0.466 e. The van der Waals surface area contributed by atoms with Gasteiger partial charge < -0.3 is 4.74 Å². The number of carbonyl (C=O) groups is 1. The SMILES string of the molecule is COC(=O)/C=C\c1ccc(Cl)c(Cl)c1. The summed E-state index contributed by atoms with van der Waals surface area (Å²) in [6.45, 7) is 0. The number of halogens is 2. The first-order valence-corrected chi connectivity index (χ1v) is 4.60. The highest BCUT2D eigenvalue weighted by Crippen LogP contribution is 2.22. The molecule has 0 aliphatic rings. The molecule has 14 heavy (non-hydrogen) atoms. The Morgan fingerprint density at radius 3 is 2.64 bits per heavy atom. The third-order valence-electron chi connectivity index (χ3n) is 1.56. The number of methoxy groups -OCH3 is 1. The van der Waals surface area contributed by atoms with Gasteiger partial charge in [0.2, 0.25) is 0 Å². The molecule has 4 heteroatoms. The van der Waals surface area contributed by atoms with Crippen molar-refractivity contribution >= 4 is 35.2 Å². The van der Waals surface area contributed by atoms with Gasteiger partial charge in [0.25, 0.3) is 0 Å². The van der Waals surface area contributed by atoms with Crippen molar-refractivity contribution < 1.29 is 9.53 Å². The molecule has 0 bridgehead atoms. The fourth-order valence-electron chi connectivity index (χ4n) is 0.848. The maximum absolute atomic E-state index is 10.8. The zero-order valence-corrected chi connectivity index (χ0v) is 8.97. The Hall–Kier alpha value is -0.990. The van der Waals surface area contributed by atoms with E-state index in [2.05, 4.69) is 4.74 Å². The van der Waals surface area contributed by atoms with Crippen LogP contribution in [0.5, 0.6) is 0 Å². The van der Waals surface area contributed by atoms with Crippen LogP contribution >= 0.6 is 23.2 Å². The highest BCUT2D eigenvalue weighted by molar-refractivity contribution is 6.42. The summed E-state index contributed by atoms with van der Waals surface area (Å²) in [7, 11) is 1.32. The topological polar surface area (TPSA) is 26.3 Å². The van der Waals surface area contributed by atoms with Crippen LogP contribution < -0.4 is 0 Å². The molecule has 74 valence electrons. The van der Waals surface area contributed by atoms with Gasteiger partial charge in [0.1, 0.15) is 0 Å². The second-order valence-electron chi connectivity index (χ2n) is 2.53. The van der Waals surface area contributed by atoms with Crippen LogP contribution in [0.1, 0.15) is 5.56 Å². The van der Waals surface area contributed by atoms with E-state index in [1.165, 1.54) is 13.2 Å². The molecule has 0 fully saturated rings. The molecule has 0 heterocycles. The smallest absolute Gasteiger partial charge is 0.330 e. The summed E-state index contributed by atoms with van der Waals surface area (Å²) in [6, 6.07) is 5.10. The Morgan fingerprint density at radius 2 is 2.07 bits per heavy atom. The zero-order chi connectivity index (χ0) is 10.6. The van der Waals surface area contributed by atoms with Gasteiger partial charge in [0.05, 0.1) is 17.2 Å². The minimum atomic E-state index is -0.406. The van der Waals surface area contributed by atoms with Gasteiger partial charge in [-0.05, 0) is 23.8 Å². The van der Waals surface area contributed by atoms with Crippen molar-refractivity contribution in [3.8, 4) is 0 Å². The van der Waals surface area contributed by atoms with Crippen LogP contribution in [-0.2, 0) is 9.53 Å². The van der Waals surface area contributed by atoms with Gasteiger partial charge in [0, 0.05) is 6.08 Å². The first-order chi connectivity index (χ1) is 6.63. The van der Waals surface area contributed by atoms with Crippen molar-refractivity contribution in [2.75, 3.05) is 7.11 Å². The summed E-state index contributed by atoms with van der Waals surface area (Å²) >= 11 is 11.5. The second kappa shape index (κ2) is 5.03.